The van der Waals surface area contributed by atoms with Crippen molar-refractivity contribution in [3.63, 3.8) is 0 Å². The van der Waals surface area contributed by atoms with Gasteiger partial charge < -0.3 is 10.1 Å². The lowest BCUT2D eigenvalue weighted by Crippen LogP contribution is -2.42. The lowest BCUT2D eigenvalue weighted by Gasteiger charge is -2.30. The fraction of sp³-hybridized carbons (Fsp3) is 0.867. The Bertz CT molecular complexity index is 222. The molecule has 1 rings (SSSR count). The van der Waals surface area contributed by atoms with Crippen molar-refractivity contribution in [1.29, 1.82) is 0 Å². The molecule has 1 heterocycles. The Balaban J connectivity index is 0. The van der Waals surface area contributed by atoms with Gasteiger partial charge >= 0.3 is 0 Å². The maximum atomic E-state index is 10.8. The van der Waals surface area contributed by atoms with E-state index in [-0.39, 0.29) is 11.7 Å². The predicted molar refractivity (Wildman–Crippen MR) is 81.5 cm³/mol. The van der Waals surface area contributed by atoms with Crippen molar-refractivity contribution in [2.45, 2.75) is 53.5 Å². The summed E-state index contributed by atoms with van der Waals surface area (Å²) in [6.07, 6.45) is 3.26. The first-order valence-electron chi connectivity index (χ1n) is 7.34. The number of nitrogens with one attached hydrogen (secondary N) is 1. The van der Waals surface area contributed by atoms with Gasteiger partial charge in [-0.25, -0.2) is 0 Å². The molecular formula is C15H32N2O2. The summed E-state index contributed by atoms with van der Waals surface area (Å²) in [6.45, 7) is 12.1. The topological polar surface area (TPSA) is 49.4 Å². The standard InChI is InChI=1S/C9H18N2O.C4H8O.C2H6/c1-8(12)7-11-5-3-9(10-2)4-6-11;1-4(2)3-5;1-2/h9-10H,3-7H2,1-2H3;3-4H,1-2H3;1-2H3. The molecule has 4 nitrogen and oxygen atoms in total. The Morgan fingerprint density at radius 3 is 2.00 bits per heavy atom. The Hall–Kier alpha value is -0.740. The first-order valence-corrected chi connectivity index (χ1v) is 7.34. The molecule has 1 N–H and O–H groups in total. The zero-order valence-electron chi connectivity index (χ0n) is 13.5. The summed E-state index contributed by atoms with van der Waals surface area (Å²) >= 11 is 0. The molecule has 1 saturated heterocycles. The molecule has 0 unspecified atom stereocenters. The van der Waals surface area contributed by atoms with Crippen LogP contribution in [-0.4, -0.2) is 49.7 Å². The lowest BCUT2D eigenvalue weighted by molar-refractivity contribution is -0.118. The molecule has 0 aromatic rings. The van der Waals surface area contributed by atoms with Gasteiger partial charge in [0.05, 0.1) is 6.54 Å². The molecule has 1 aliphatic heterocycles. The zero-order chi connectivity index (χ0) is 15.3. The van der Waals surface area contributed by atoms with Crippen LogP contribution in [0.2, 0.25) is 0 Å². The predicted octanol–water partition coefficient (Wildman–Crippen LogP) is 2.13. The highest BCUT2D eigenvalue weighted by atomic mass is 16.1. The molecule has 0 radical (unpaired) electrons. The Morgan fingerprint density at radius 2 is 1.74 bits per heavy atom. The normalized spacial score (nSPS) is 15.9. The van der Waals surface area contributed by atoms with E-state index >= 15 is 0 Å². The van der Waals surface area contributed by atoms with Gasteiger partial charge in [0.1, 0.15) is 12.1 Å². The third-order valence-electron chi connectivity index (χ3n) is 2.71. The number of aldehydes is 1. The van der Waals surface area contributed by atoms with E-state index in [9.17, 15) is 9.59 Å². The fourth-order valence-corrected chi connectivity index (χ4v) is 1.69. The minimum absolute atomic E-state index is 0.204. The molecule has 19 heavy (non-hydrogen) atoms. The Morgan fingerprint density at radius 1 is 1.32 bits per heavy atom. The van der Waals surface area contributed by atoms with Crippen LogP contribution >= 0.6 is 0 Å². The highest BCUT2D eigenvalue weighted by Crippen LogP contribution is 2.08. The minimum atomic E-state index is 0.204. The molecule has 1 fully saturated rings. The highest BCUT2D eigenvalue weighted by molar-refractivity contribution is 5.77. The molecule has 0 saturated carbocycles. The van der Waals surface area contributed by atoms with Crippen LogP contribution in [0.3, 0.4) is 0 Å². The maximum Gasteiger partial charge on any atom is 0.143 e. The number of carbonyl (C=O) groups is 2. The average molecular weight is 272 g/mol. The van der Waals surface area contributed by atoms with Crippen molar-refractivity contribution in [2.24, 2.45) is 5.92 Å². The van der Waals surface area contributed by atoms with Crippen LogP contribution in [0, 0.1) is 5.92 Å². The molecule has 0 spiro atoms. The van der Waals surface area contributed by atoms with Crippen molar-refractivity contribution >= 4 is 12.1 Å². The highest BCUT2D eigenvalue weighted by Gasteiger charge is 2.17. The van der Waals surface area contributed by atoms with E-state index in [4.69, 9.17) is 0 Å². The molecule has 0 amide bonds. The fourth-order valence-electron chi connectivity index (χ4n) is 1.69. The summed E-state index contributed by atoms with van der Waals surface area (Å²) < 4.78 is 0. The van der Waals surface area contributed by atoms with E-state index in [2.05, 4.69) is 10.2 Å². The number of rotatable bonds is 4. The number of Topliss-reactive ketones (excluding diaryl/α,β-unsaturated/α-hetero) is 1. The van der Waals surface area contributed by atoms with Crippen LogP contribution < -0.4 is 5.32 Å². The van der Waals surface area contributed by atoms with Crippen molar-refractivity contribution in [1.82, 2.24) is 10.2 Å². The third-order valence-corrected chi connectivity index (χ3v) is 2.71. The van der Waals surface area contributed by atoms with Gasteiger partial charge in [0.25, 0.3) is 0 Å². The summed E-state index contributed by atoms with van der Waals surface area (Å²) in [5.41, 5.74) is 0. The molecule has 0 atom stereocenters. The number of piperidine rings is 1. The van der Waals surface area contributed by atoms with Gasteiger partial charge in [-0.2, -0.15) is 0 Å². The largest absolute Gasteiger partial charge is 0.317 e. The molecule has 0 aromatic heterocycles. The lowest BCUT2D eigenvalue weighted by atomic mass is 10.1. The summed E-state index contributed by atoms with van der Waals surface area (Å²) in [6, 6.07) is 0.660. The first-order chi connectivity index (χ1) is 8.99. The van der Waals surface area contributed by atoms with Crippen molar-refractivity contribution in [2.75, 3.05) is 26.7 Å². The number of carbonyl (C=O) groups excluding carboxylic acids is 2. The van der Waals surface area contributed by atoms with E-state index < -0.39 is 0 Å². The zero-order valence-corrected chi connectivity index (χ0v) is 13.5. The second-order valence-electron chi connectivity index (χ2n) is 4.92. The Kier molecular flexibility index (Phi) is 14.8. The van der Waals surface area contributed by atoms with Gasteiger partial charge in [-0.05, 0) is 26.8 Å². The monoisotopic (exact) mass is 272 g/mol. The second-order valence-corrected chi connectivity index (χ2v) is 4.92. The Labute approximate surface area is 118 Å². The second kappa shape index (κ2) is 13.7. The van der Waals surface area contributed by atoms with Crippen molar-refractivity contribution in [3.05, 3.63) is 0 Å². The maximum absolute atomic E-state index is 10.8. The first kappa shape index (κ1) is 20.6. The van der Waals surface area contributed by atoms with Crippen LogP contribution in [0.4, 0.5) is 0 Å². The van der Waals surface area contributed by atoms with Crippen LogP contribution in [-0.2, 0) is 9.59 Å². The smallest absolute Gasteiger partial charge is 0.143 e. The molecule has 4 heteroatoms. The van der Waals surface area contributed by atoms with Gasteiger partial charge in [-0.1, -0.05) is 27.7 Å². The van der Waals surface area contributed by atoms with Crippen molar-refractivity contribution < 1.29 is 9.59 Å². The van der Waals surface area contributed by atoms with E-state index in [1.165, 1.54) is 12.8 Å². The average Bonchev–Trinajstić information content (AvgIpc) is 2.42. The molecule has 0 bridgehead atoms. The third kappa shape index (κ3) is 13.5. The number of hydrogen-bond acceptors (Lipinski definition) is 4. The summed E-state index contributed by atoms with van der Waals surface area (Å²) in [7, 11) is 2.01. The van der Waals surface area contributed by atoms with Gasteiger partial charge in [0.2, 0.25) is 0 Å². The quantitative estimate of drug-likeness (QED) is 0.797. The van der Waals surface area contributed by atoms with Gasteiger partial charge in [0.15, 0.2) is 0 Å². The molecule has 0 aliphatic carbocycles. The molecule has 1 aliphatic rings. The number of nitrogens with zero attached hydrogens (tertiary/aromatic N) is 1. The summed E-state index contributed by atoms with van der Waals surface area (Å²) in [5.74, 6) is 0.480. The summed E-state index contributed by atoms with van der Waals surface area (Å²) in [4.78, 5) is 22.5. The van der Waals surface area contributed by atoms with E-state index in [0.717, 1.165) is 19.4 Å². The van der Waals surface area contributed by atoms with Gasteiger partial charge in [-0.3, -0.25) is 9.69 Å². The van der Waals surface area contributed by atoms with E-state index in [1.807, 2.05) is 34.7 Å². The van der Waals surface area contributed by atoms with Gasteiger partial charge in [-0.15, -0.1) is 0 Å². The number of hydrogen-bond donors (Lipinski definition) is 1. The van der Waals surface area contributed by atoms with Crippen LogP contribution in [0.5, 0.6) is 0 Å². The molecular weight excluding hydrogens is 240 g/mol. The molecule has 0 aromatic carbocycles. The van der Waals surface area contributed by atoms with Gasteiger partial charge in [0, 0.05) is 25.0 Å². The molecule has 114 valence electrons. The van der Waals surface area contributed by atoms with Crippen molar-refractivity contribution in [3.8, 4) is 0 Å². The number of likely N-dealkylation sites (tertiary alicyclic amines) is 1. The number of ketones is 1. The van der Waals surface area contributed by atoms with Crippen LogP contribution in [0.1, 0.15) is 47.5 Å². The minimum Gasteiger partial charge on any atom is -0.317 e. The summed E-state index contributed by atoms with van der Waals surface area (Å²) in [5, 5.41) is 3.27. The van der Waals surface area contributed by atoms with E-state index in [1.54, 1.807) is 6.92 Å². The SMILES string of the molecule is CC.CC(C)C=O.CNC1CCN(CC(C)=O)CC1. The van der Waals surface area contributed by atoms with E-state index in [0.29, 0.717) is 12.6 Å². The van der Waals surface area contributed by atoms with Crippen LogP contribution in [0.25, 0.3) is 0 Å². The van der Waals surface area contributed by atoms with Crippen LogP contribution in [0.15, 0.2) is 0 Å².